The highest BCUT2D eigenvalue weighted by Gasteiger charge is 2.30. The van der Waals surface area contributed by atoms with E-state index in [0.29, 0.717) is 13.0 Å². The monoisotopic (exact) mass is 438 g/mol. The maximum atomic E-state index is 10.7. The smallest absolute Gasteiger partial charge is 0.130 e. The number of pyridine rings is 1. The van der Waals surface area contributed by atoms with Crippen LogP contribution < -0.4 is 4.74 Å². The van der Waals surface area contributed by atoms with E-state index in [9.17, 15) is 5.11 Å². The summed E-state index contributed by atoms with van der Waals surface area (Å²) in [5.74, 6) is 1.61. The van der Waals surface area contributed by atoms with Gasteiger partial charge in [-0.05, 0) is 62.9 Å². The van der Waals surface area contributed by atoms with Crippen LogP contribution in [0.1, 0.15) is 58.8 Å². The van der Waals surface area contributed by atoms with Crippen LogP contribution in [0.5, 0.6) is 5.75 Å². The summed E-state index contributed by atoms with van der Waals surface area (Å²) >= 11 is 1.89. The average molecular weight is 439 g/mol. The molecule has 1 aromatic carbocycles. The first-order valence-electron chi connectivity index (χ1n) is 11.2. The van der Waals surface area contributed by atoms with Gasteiger partial charge in [0.2, 0.25) is 0 Å². The van der Waals surface area contributed by atoms with Gasteiger partial charge in [-0.15, -0.1) is 11.8 Å². The van der Waals surface area contributed by atoms with Gasteiger partial charge in [0, 0.05) is 45.4 Å². The fourth-order valence-corrected chi connectivity index (χ4v) is 5.05. The van der Waals surface area contributed by atoms with Gasteiger partial charge in [0.05, 0.1) is 11.3 Å². The average Bonchev–Trinajstić information content (AvgIpc) is 3.47. The van der Waals surface area contributed by atoms with Crippen molar-refractivity contribution in [2.24, 2.45) is 5.92 Å². The Balaban J connectivity index is 1.77. The Labute approximate surface area is 190 Å². The Bertz CT molecular complexity index is 1040. The third kappa shape index (κ3) is 5.83. The molecule has 0 radical (unpaired) electrons. The van der Waals surface area contributed by atoms with Gasteiger partial charge in [-0.2, -0.15) is 0 Å². The molecule has 0 bridgehead atoms. The summed E-state index contributed by atoms with van der Waals surface area (Å²) in [6.45, 7) is 12.0. The summed E-state index contributed by atoms with van der Waals surface area (Å²) in [5, 5.41) is 11.9. The van der Waals surface area contributed by atoms with Gasteiger partial charge in [0.25, 0.3) is 0 Å². The van der Waals surface area contributed by atoms with Crippen molar-refractivity contribution in [3.8, 4) is 5.75 Å². The lowest BCUT2D eigenvalue weighted by molar-refractivity contribution is 0.0783. The minimum atomic E-state index is -0.763. The number of aliphatic hydroxyl groups is 1. The molecule has 2 aromatic heterocycles. The molecule has 4 rings (SSSR count). The molecule has 0 atom stereocenters. The van der Waals surface area contributed by atoms with Crippen LogP contribution in [0.25, 0.3) is 10.9 Å². The van der Waals surface area contributed by atoms with Crippen LogP contribution in [-0.4, -0.2) is 25.0 Å². The zero-order valence-corrected chi connectivity index (χ0v) is 20.1. The van der Waals surface area contributed by atoms with Gasteiger partial charge in [0.15, 0.2) is 0 Å². The van der Waals surface area contributed by atoms with Crippen LogP contribution >= 0.6 is 11.8 Å². The zero-order valence-electron chi connectivity index (χ0n) is 19.3. The van der Waals surface area contributed by atoms with E-state index in [4.69, 9.17) is 4.74 Å². The minimum Gasteiger partial charge on any atom is -0.487 e. The second-order valence-electron chi connectivity index (χ2n) is 10.3. The maximum Gasteiger partial charge on any atom is 0.130 e. The largest absolute Gasteiger partial charge is 0.487 e. The third-order valence-corrected chi connectivity index (χ3v) is 6.62. The molecule has 1 saturated carbocycles. The summed E-state index contributed by atoms with van der Waals surface area (Å²) in [6.07, 6.45) is 5.03. The van der Waals surface area contributed by atoms with Crippen LogP contribution in [0.3, 0.4) is 0 Å². The van der Waals surface area contributed by atoms with Crippen molar-refractivity contribution in [3.63, 3.8) is 0 Å². The predicted molar refractivity (Wildman–Crippen MR) is 129 cm³/mol. The van der Waals surface area contributed by atoms with Crippen molar-refractivity contribution in [2.75, 3.05) is 0 Å². The highest BCUT2D eigenvalue weighted by Crippen LogP contribution is 2.44. The third-order valence-electron chi connectivity index (χ3n) is 5.35. The van der Waals surface area contributed by atoms with E-state index in [-0.39, 0.29) is 4.75 Å². The molecule has 1 N–H and O–H groups in total. The summed E-state index contributed by atoms with van der Waals surface area (Å²) in [4.78, 5) is 5.63. The molecule has 0 aliphatic heterocycles. The number of benzene rings is 1. The molecular formula is C26H34N2O2S. The molecule has 2 heterocycles. The van der Waals surface area contributed by atoms with Crippen molar-refractivity contribution in [2.45, 2.75) is 82.3 Å². The second kappa shape index (κ2) is 8.51. The molecule has 166 valence electrons. The Morgan fingerprint density at radius 2 is 1.90 bits per heavy atom. The Hall–Kier alpha value is -1.98. The summed E-state index contributed by atoms with van der Waals surface area (Å²) < 4.78 is 8.63. The maximum absolute atomic E-state index is 10.7. The highest BCUT2D eigenvalue weighted by molar-refractivity contribution is 8.00. The van der Waals surface area contributed by atoms with E-state index in [1.807, 2.05) is 43.8 Å². The summed E-state index contributed by atoms with van der Waals surface area (Å²) in [6, 6.07) is 12.3. The van der Waals surface area contributed by atoms with Crippen molar-refractivity contribution < 1.29 is 9.84 Å². The molecule has 0 unspecified atom stereocenters. The molecule has 0 spiro atoms. The van der Waals surface area contributed by atoms with E-state index in [2.05, 4.69) is 48.5 Å². The topological polar surface area (TPSA) is 47.3 Å². The van der Waals surface area contributed by atoms with E-state index < -0.39 is 5.60 Å². The SMILES string of the molecule is CC(C)(O)Cc1c(SC(C)(C)C)c2cc(OCc3ccccn3)ccc2n1CC1CC1. The Morgan fingerprint density at radius 1 is 1.13 bits per heavy atom. The number of fused-ring (bicyclic) bond motifs is 1. The number of ether oxygens (including phenoxy) is 1. The predicted octanol–water partition coefficient (Wildman–Crippen LogP) is 6.23. The van der Waals surface area contributed by atoms with E-state index in [1.165, 1.54) is 34.3 Å². The summed E-state index contributed by atoms with van der Waals surface area (Å²) in [5.41, 5.74) is 2.64. The number of aromatic nitrogens is 2. The minimum absolute atomic E-state index is 0.0673. The molecule has 31 heavy (non-hydrogen) atoms. The summed E-state index contributed by atoms with van der Waals surface area (Å²) in [7, 11) is 0. The first-order valence-corrected chi connectivity index (χ1v) is 12.0. The lowest BCUT2D eigenvalue weighted by Gasteiger charge is -2.23. The standard InChI is InChI=1S/C26H34N2O2S/c1-25(2,3)31-24-21-14-20(30-17-19-8-6-7-13-27-19)11-12-22(21)28(16-18-9-10-18)23(24)15-26(4,5)29/h6-8,11-14,18,29H,9-10,15-17H2,1-5H3. The number of hydrogen-bond donors (Lipinski definition) is 1. The molecule has 0 amide bonds. The molecule has 1 aliphatic carbocycles. The number of nitrogens with zero attached hydrogens (tertiary/aromatic N) is 2. The van der Waals surface area contributed by atoms with Crippen LogP contribution in [0.4, 0.5) is 0 Å². The van der Waals surface area contributed by atoms with Crippen molar-refractivity contribution in [3.05, 3.63) is 54.0 Å². The van der Waals surface area contributed by atoms with E-state index in [1.54, 1.807) is 6.20 Å². The van der Waals surface area contributed by atoms with Crippen LogP contribution in [0.15, 0.2) is 47.5 Å². The Morgan fingerprint density at radius 3 is 2.52 bits per heavy atom. The lowest BCUT2D eigenvalue weighted by atomic mass is 10.0. The number of thioether (sulfide) groups is 1. The normalized spacial score (nSPS) is 14.9. The molecule has 5 heteroatoms. The van der Waals surface area contributed by atoms with Crippen LogP contribution in [0.2, 0.25) is 0 Å². The van der Waals surface area contributed by atoms with Crippen molar-refractivity contribution in [1.29, 1.82) is 0 Å². The quantitative estimate of drug-likeness (QED) is 0.424. The van der Waals surface area contributed by atoms with E-state index in [0.717, 1.165) is 23.9 Å². The molecule has 3 aromatic rings. The zero-order chi connectivity index (χ0) is 22.2. The Kier molecular flexibility index (Phi) is 6.10. The van der Waals surface area contributed by atoms with Crippen molar-refractivity contribution in [1.82, 2.24) is 9.55 Å². The molecule has 0 saturated heterocycles. The van der Waals surface area contributed by atoms with Gasteiger partial charge in [-0.3, -0.25) is 4.98 Å². The molecule has 1 aliphatic rings. The van der Waals surface area contributed by atoms with Gasteiger partial charge in [-0.25, -0.2) is 0 Å². The first kappa shape index (κ1) is 22.2. The van der Waals surface area contributed by atoms with Crippen molar-refractivity contribution >= 4 is 22.7 Å². The van der Waals surface area contributed by atoms with Crippen LogP contribution in [-0.2, 0) is 19.6 Å². The second-order valence-corrected chi connectivity index (χ2v) is 12.2. The van der Waals surface area contributed by atoms with Gasteiger partial charge in [0.1, 0.15) is 12.4 Å². The highest BCUT2D eigenvalue weighted by atomic mass is 32.2. The number of rotatable bonds is 8. The molecule has 4 nitrogen and oxygen atoms in total. The fraction of sp³-hybridized carbons (Fsp3) is 0.500. The lowest BCUT2D eigenvalue weighted by Crippen LogP contribution is -2.24. The first-order chi connectivity index (χ1) is 14.6. The number of hydrogen-bond acceptors (Lipinski definition) is 4. The van der Waals surface area contributed by atoms with Gasteiger partial charge in [-0.1, -0.05) is 26.8 Å². The molecular weight excluding hydrogens is 404 g/mol. The van der Waals surface area contributed by atoms with Gasteiger partial charge < -0.3 is 14.4 Å². The fourth-order valence-electron chi connectivity index (χ4n) is 3.86. The van der Waals surface area contributed by atoms with Gasteiger partial charge >= 0.3 is 0 Å². The van der Waals surface area contributed by atoms with Crippen LogP contribution in [0, 0.1) is 5.92 Å². The van der Waals surface area contributed by atoms with E-state index >= 15 is 0 Å². The molecule has 1 fully saturated rings.